The lowest BCUT2D eigenvalue weighted by Gasteiger charge is -2.21. The monoisotopic (exact) mass is 264 g/mol. The fraction of sp³-hybridized carbons (Fsp3) is 0.429. The molecule has 0 amide bonds. The van der Waals surface area contributed by atoms with Gasteiger partial charge in [-0.15, -0.1) is 0 Å². The summed E-state index contributed by atoms with van der Waals surface area (Å²) in [5.41, 5.74) is 2.46. The normalized spacial score (nSPS) is 14.8. The molecule has 0 fully saturated rings. The molecule has 0 saturated carbocycles. The SMILES string of the molecule is CSC(CO)C(C)NCc1cccc2[nH]ccc12. The molecule has 2 rings (SSSR count). The third-order valence-electron chi connectivity index (χ3n) is 3.34. The number of aliphatic hydroxyl groups excluding tert-OH is 1. The first-order valence-corrected chi connectivity index (χ1v) is 7.47. The van der Waals surface area contributed by atoms with Crippen LogP contribution in [-0.4, -0.2) is 34.2 Å². The molecule has 1 aromatic heterocycles. The molecule has 0 aliphatic carbocycles. The highest BCUT2D eigenvalue weighted by atomic mass is 32.2. The molecule has 0 aliphatic rings. The fourth-order valence-corrected chi connectivity index (χ4v) is 2.80. The third-order valence-corrected chi connectivity index (χ3v) is 4.50. The summed E-state index contributed by atoms with van der Waals surface area (Å²) < 4.78 is 0. The second kappa shape index (κ2) is 6.27. The van der Waals surface area contributed by atoms with E-state index in [1.807, 2.05) is 12.5 Å². The highest BCUT2D eigenvalue weighted by Crippen LogP contribution is 2.18. The summed E-state index contributed by atoms with van der Waals surface area (Å²) in [6.45, 7) is 3.16. The molecule has 2 unspecified atom stereocenters. The molecule has 3 N–H and O–H groups in total. The van der Waals surface area contributed by atoms with Gasteiger partial charge in [0.05, 0.1) is 6.61 Å². The number of aromatic nitrogens is 1. The van der Waals surface area contributed by atoms with E-state index in [-0.39, 0.29) is 11.9 Å². The van der Waals surface area contributed by atoms with Crippen LogP contribution < -0.4 is 5.32 Å². The van der Waals surface area contributed by atoms with Crippen LogP contribution in [-0.2, 0) is 6.54 Å². The minimum absolute atomic E-state index is 0.212. The van der Waals surface area contributed by atoms with Crippen LogP contribution in [0.2, 0.25) is 0 Å². The van der Waals surface area contributed by atoms with E-state index >= 15 is 0 Å². The zero-order valence-corrected chi connectivity index (χ0v) is 11.6. The predicted molar refractivity (Wildman–Crippen MR) is 79.0 cm³/mol. The topological polar surface area (TPSA) is 48.0 Å². The maximum Gasteiger partial charge on any atom is 0.0564 e. The summed E-state index contributed by atoms with van der Waals surface area (Å²) in [7, 11) is 0. The van der Waals surface area contributed by atoms with Crippen LogP contribution in [0, 0.1) is 0 Å². The maximum atomic E-state index is 9.27. The van der Waals surface area contributed by atoms with E-state index in [0.29, 0.717) is 6.04 Å². The first-order chi connectivity index (χ1) is 8.76. The van der Waals surface area contributed by atoms with Gasteiger partial charge in [0, 0.05) is 34.9 Å². The number of thioether (sulfide) groups is 1. The van der Waals surface area contributed by atoms with E-state index in [2.05, 4.69) is 41.5 Å². The van der Waals surface area contributed by atoms with Crippen LogP contribution in [0.15, 0.2) is 30.5 Å². The average Bonchev–Trinajstić information content (AvgIpc) is 2.86. The number of H-pyrrole nitrogens is 1. The van der Waals surface area contributed by atoms with Gasteiger partial charge < -0.3 is 15.4 Å². The number of aliphatic hydroxyl groups is 1. The van der Waals surface area contributed by atoms with E-state index in [1.165, 1.54) is 16.5 Å². The van der Waals surface area contributed by atoms with Crippen molar-refractivity contribution in [2.24, 2.45) is 0 Å². The largest absolute Gasteiger partial charge is 0.395 e. The van der Waals surface area contributed by atoms with Gasteiger partial charge in [0.2, 0.25) is 0 Å². The Hall–Kier alpha value is -0.970. The number of rotatable bonds is 6. The Kier molecular flexibility index (Phi) is 4.69. The Bertz CT molecular complexity index is 493. The Balaban J connectivity index is 2.04. The zero-order valence-electron chi connectivity index (χ0n) is 10.8. The minimum atomic E-state index is 0.212. The zero-order chi connectivity index (χ0) is 13.0. The highest BCUT2D eigenvalue weighted by molar-refractivity contribution is 7.99. The van der Waals surface area contributed by atoms with Crippen molar-refractivity contribution in [2.45, 2.75) is 24.8 Å². The standard InChI is InChI=1S/C14H20N2OS/c1-10(14(9-17)18-2)16-8-11-4-3-5-13-12(11)6-7-15-13/h3-7,10,14-17H,8-9H2,1-2H3. The molecule has 4 heteroatoms. The Morgan fingerprint density at radius 3 is 2.94 bits per heavy atom. The molecule has 0 bridgehead atoms. The Morgan fingerprint density at radius 1 is 1.39 bits per heavy atom. The lowest BCUT2D eigenvalue weighted by molar-refractivity contribution is 0.276. The van der Waals surface area contributed by atoms with Crippen molar-refractivity contribution in [1.82, 2.24) is 10.3 Å². The molecular weight excluding hydrogens is 244 g/mol. The van der Waals surface area contributed by atoms with Crippen LogP contribution in [0.1, 0.15) is 12.5 Å². The van der Waals surface area contributed by atoms with E-state index in [9.17, 15) is 5.11 Å². The molecule has 0 radical (unpaired) electrons. The minimum Gasteiger partial charge on any atom is -0.395 e. The van der Waals surface area contributed by atoms with Crippen LogP contribution in [0.5, 0.6) is 0 Å². The van der Waals surface area contributed by atoms with Crippen molar-refractivity contribution < 1.29 is 5.11 Å². The number of hydrogen-bond acceptors (Lipinski definition) is 3. The molecule has 2 atom stereocenters. The van der Waals surface area contributed by atoms with Crippen LogP contribution in [0.3, 0.4) is 0 Å². The molecule has 3 nitrogen and oxygen atoms in total. The van der Waals surface area contributed by atoms with Gasteiger partial charge in [-0.25, -0.2) is 0 Å². The molecular formula is C14H20N2OS. The summed E-state index contributed by atoms with van der Waals surface area (Å²) in [5.74, 6) is 0. The Morgan fingerprint density at radius 2 is 2.22 bits per heavy atom. The van der Waals surface area contributed by atoms with E-state index in [1.54, 1.807) is 11.8 Å². The smallest absolute Gasteiger partial charge is 0.0564 e. The number of aromatic amines is 1. The van der Waals surface area contributed by atoms with E-state index in [0.717, 1.165) is 6.54 Å². The van der Waals surface area contributed by atoms with Crippen molar-refractivity contribution >= 4 is 22.7 Å². The van der Waals surface area contributed by atoms with E-state index < -0.39 is 0 Å². The van der Waals surface area contributed by atoms with Gasteiger partial charge in [-0.3, -0.25) is 0 Å². The van der Waals surface area contributed by atoms with E-state index in [4.69, 9.17) is 0 Å². The first-order valence-electron chi connectivity index (χ1n) is 6.18. The number of fused-ring (bicyclic) bond motifs is 1. The molecule has 2 aromatic rings. The van der Waals surface area contributed by atoms with Gasteiger partial charge >= 0.3 is 0 Å². The lowest BCUT2D eigenvalue weighted by Crippen LogP contribution is -2.37. The molecule has 98 valence electrons. The second-order valence-electron chi connectivity index (χ2n) is 4.48. The molecule has 18 heavy (non-hydrogen) atoms. The Labute approximate surface area is 112 Å². The van der Waals surface area contributed by atoms with Crippen molar-refractivity contribution in [3.8, 4) is 0 Å². The van der Waals surface area contributed by atoms with Gasteiger partial charge in [-0.1, -0.05) is 12.1 Å². The van der Waals surface area contributed by atoms with Crippen molar-refractivity contribution in [3.05, 3.63) is 36.0 Å². The average molecular weight is 264 g/mol. The summed E-state index contributed by atoms with van der Waals surface area (Å²) in [4.78, 5) is 3.22. The molecule has 0 spiro atoms. The summed E-state index contributed by atoms with van der Waals surface area (Å²) >= 11 is 1.70. The number of nitrogens with one attached hydrogen (secondary N) is 2. The summed E-state index contributed by atoms with van der Waals surface area (Å²) in [6.07, 6.45) is 4.00. The van der Waals surface area contributed by atoms with Crippen LogP contribution in [0.25, 0.3) is 10.9 Å². The maximum absolute atomic E-state index is 9.27. The van der Waals surface area contributed by atoms with Gasteiger partial charge in [0.25, 0.3) is 0 Å². The molecule has 0 saturated heterocycles. The second-order valence-corrected chi connectivity index (χ2v) is 5.56. The summed E-state index contributed by atoms with van der Waals surface area (Å²) in [6, 6.07) is 8.69. The fourth-order valence-electron chi connectivity index (χ4n) is 2.14. The van der Waals surface area contributed by atoms with Gasteiger partial charge in [-0.2, -0.15) is 11.8 Å². The lowest BCUT2D eigenvalue weighted by atomic mass is 10.1. The van der Waals surface area contributed by atoms with Crippen molar-refractivity contribution in [2.75, 3.05) is 12.9 Å². The highest BCUT2D eigenvalue weighted by Gasteiger charge is 2.14. The van der Waals surface area contributed by atoms with Crippen molar-refractivity contribution in [3.63, 3.8) is 0 Å². The van der Waals surface area contributed by atoms with Crippen LogP contribution >= 0.6 is 11.8 Å². The number of benzene rings is 1. The predicted octanol–water partition coefficient (Wildman–Crippen LogP) is 2.37. The molecule has 1 heterocycles. The first kappa shape index (κ1) is 13.5. The summed E-state index contributed by atoms with van der Waals surface area (Å²) in [5, 5.41) is 14.3. The quantitative estimate of drug-likeness (QED) is 0.750. The third kappa shape index (κ3) is 2.88. The number of hydrogen-bond donors (Lipinski definition) is 3. The van der Waals surface area contributed by atoms with Crippen molar-refractivity contribution in [1.29, 1.82) is 0 Å². The molecule has 0 aliphatic heterocycles. The van der Waals surface area contributed by atoms with Gasteiger partial charge in [-0.05, 0) is 30.9 Å². The van der Waals surface area contributed by atoms with Gasteiger partial charge in [0.15, 0.2) is 0 Å². The van der Waals surface area contributed by atoms with Gasteiger partial charge in [0.1, 0.15) is 0 Å². The molecule has 1 aromatic carbocycles. The van der Waals surface area contributed by atoms with Crippen LogP contribution in [0.4, 0.5) is 0 Å².